The van der Waals surface area contributed by atoms with Crippen LogP contribution >= 0.6 is 35.0 Å². The summed E-state index contributed by atoms with van der Waals surface area (Å²) in [4.78, 5) is 13.0. The van der Waals surface area contributed by atoms with Crippen molar-refractivity contribution in [1.29, 1.82) is 0 Å². The summed E-state index contributed by atoms with van der Waals surface area (Å²) < 4.78 is 0. The molecule has 0 aliphatic carbocycles. The highest BCUT2D eigenvalue weighted by atomic mass is 35.5. The molecule has 0 fully saturated rings. The number of benzene rings is 2. The molecule has 0 radical (unpaired) electrons. The number of carbonyl (C=O) groups excluding carboxylic acids is 1. The van der Waals surface area contributed by atoms with E-state index in [1.165, 1.54) is 0 Å². The summed E-state index contributed by atoms with van der Waals surface area (Å²) in [5.74, 6) is 0.559. The van der Waals surface area contributed by atoms with E-state index in [1.54, 1.807) is 36.0 Å². The molecule has 128 valence electrons. The minimum Gasteiger partial charge on any atom is -0.394 e. The third kappa shape index (κ3) is 5.42. The molecule has 3 nitrogen and oxygen atoms in total. The largest absolute Gasteiger partial charge is 0.394 e. The molecular weight excluding hydrogens is 365 g/mol. The summed E-state index contributed by atoms with van der Waals surface area (Å²) in [5, 5.41) is 13.3. The Morgan fingerprint density at radius 1 is 1.21 bits per heavy atom. The second kappa shape index (κ2) is 9.33. The maximum Gasteiger partial charge on any atom is 0.251 e. The Bertz CT molecular complexity index is 688. The van der Waals surface area contributed by atoms with Crippen LogP contribution in [0.3, 0.4) is 0 Å². The molecular formula is C18H19Cl2NO2S. The van der Waals surface area contributed by atoms with Crippen molar-refractivity contribution in [1.82, 2.24) is 5.32 Å². The lowest BCUT2D eigenvalue weighted by molar-refractivity contribution is 0.0915. The van der Waals surface area contributed by atoms with E-state index < -0.39 is 0 Å². The van der Waals surface area contributed by atoms with Crippen molar-refractivity contribution in [2.24, 2.45) is 0 Å². The van der Waals surface area contributed by atoms with E-state index in [-0.39, 0.29) is 18.6 Å². The topological polar surface area (TPSA) is 49.3 Å². The van der Waals surface area contributed by atoms with E-state index in [4.69, 9.17) is 28.3 Å². The quantitative estimate of drug-likeness (QED) is 0.675. The van der Waals surface area contributed by atoms with E-state index in [0.29, 0.717) is 22.0 Å². The standard InChI is InChI=1S/C18H19Cl2NO2S/c1-2-15(10-22)21-18(23)13-5-3-12(4-6-13)11-24-17-9-14(19)7-8-16(17)20/h3-9,15,22H,2,10-11H2,1H3,(H,21,23). The van der Waals surface area contributed by atoms with Gasteiger partial charge in [0.1, 0.15) is 0 Å². The van der Waals surface area contributed by atoms with Crippen LogP contribution in [-0.2, 0) is 5.75 Å². The van der Waals surface area contributed by atoms with Crippen molar-refractivity contribution in [2.75, 3.05) is 6.61 Å². The maximum absolute atomic E-state index is 12.1. The summed E-state index contributed by atoms with van der Waals surface area (Å²) in [5.41, 5.74) is 1.67. The van der Waals surface area contributed by atoms with Gasteiger partial charge in [-0.05, 0) is 42.3 Å². The van der Waals surface area contributed by atoms with Crippen LogP contribution in [0.2, 0.25) is 10.0 Å². The number of hydrogen-bond acceptors (Lipinski definition) is 3. The highest BCUT2D eigenvalue weighted by molar-refractivity contribution is 7.98. The van der Waals surface area contributed by atoms with Crippen LogP contribution < -0.4 is 5.32 Å². The fraction of sp³-hybridized carbons (Fsp3) is 0.278. The molecule has 0 heterocycles. The SMILES string of the molecule is CCC(CO)NC(=O)c1ccc(CSc2cc(Cl)ccc2Cl)cc1. The number of carbonyl (C=O) groups is 1. The molecule has 24 heavy (non-hydrogen) atoms. The average Bonchev–Trinajstić information content (AvgIpc) is 2.60. The lowest BCUT2D eigenvalue weighted by atomic mass is 10.1. The van der Waals surface area contributed by atoms with Gasteiger partial charge in [-0.25, -0.2) is 0 Å². The zero-order valence-electron chi connectivity index (χ0n) is 13.3. The normalized spacial score (nSPS) is 12.0. The molecule has 2 N–H and O–H groups in total. The van der Waals surface area contributed by atoms with Gasteiger partial charge in [-0.1, -0.05) is 42.3 Å². The minimum absolute atomic E-state index is 0.0582. The molecule has 0 spiro atoms. The minimum atomic E-state index is -0.210. The van der Waals surface area contributed by atoms with E-state index in [9.17, 15) is 4.79 Å². The number of aliphatic hydroxyl groups excluding tert-OH is 1. The number of aliphatic hydroxyl groups is 1. The van der Waals surface area contributed by atoms with E-state index in [0.717, 1.165) is 16.2 Å². The van der Waals surface area contributed by atoms with Crippen LogP contribution in [0.4, 0.5) is 0 Å². The van der Waals surface area contributed by atoms with Gasteiger partial charge in [0.15, 0.2) is 0 Å². The fourth-order valence-corrected chi connectivity index (χ4v) is 3.50. The monoisotopic (exact) mass is 383 g/mol. The zero-order valence-corrected chi connectivity index (χ0v) is 15.6. The number of thioether (sulfide) groups is 1. The Hall–Kier alpha value is -1.20. The van der Waals surface area contributed by atoms with Crippen molar-refractivity contribution >= 4 is 40.9 Å². The third-order valence-corrected chi connectivity index (χ3v) is 5.36. The Morgan fingerprint density at radius 2 is 1.92 bits per heavy atom. The molecule has 0 saturated carbocycles. The molecule has 0 aromatic heterocycles. The Kier molecular flexibility index (Phi) is 7.43. The zero-order chi connectivity index (χ0) is 17.5. The smallest absolute Gasteiger partial charge is 0.251 e. The van der Waals surface area contributed by atoms with Gasteiger partial charge in [0.25, 0.3) is 5.91 Å². The summed E-state index contributed by atoms with van der Waals surface area (Å²) in [6.45, 7) is 1.86. The molecule has 2 aromatic rings. The van der Waals surface area contributed by atoms with Gasteiger partial charge in [-0.2, -0.15) is 0 Å². The number of nitrogens with one attached hydrogen (secondary N) is 1. The van der Waals surface area contributed by atoms with Crippen molar-refractivity contribution in [2.45, 2.75) is 30.0 Å². The van der Waals surface area contributed by atoms with Gasteiger partial charge in [-0.3, -0.25) is 4.79 Å². The van der Waals surface area contributed by atoms with Crippen LogP contribution in [0.1, 0.15) is 29.3 Å². The van der Waals surface area contributed by atoms with Gasteiger partial charge in [0.2, 0.25) is 0 Å². The predicted octanol–water partition coefficient (Wildman–Crippen LogP) is 4.79. The average molecular weight is 384 g/mol. The van der Waals surface area contributed by atoms with Gasteiger partial charge in [0, 0.05) is 21.2 Å². The van der Waals surface area contributed by atoms with Crippen molar-refractivity contribution in [3.63, 3.8) is 0 Å². The Morgan fingerprint density at radius 3 is 2.54 bits per heavy atom. The van der Waals surface area contributed by atoms with E-state index >= 15 is 0 Å². The first-order valence-corrected chi connectivity index (χ1v) is 9.36. The molecule has 0 aliphatic rings. The van der Waals surface area contributed by atoms with Gasteiger partial charge >= 0.3 is 0 Å². The van der Waals surface area contributed by atoms with Crippen LogP contribution in [0.25, 0.3) is 0 Å². The molecule has 2 aromatic carbocycles. The second-order valence-corrected chi connectivity index (χ2v) is 7.18. The highest BCUT2D eigenvalue weighted by Crippen LogP contribution is 2.32. The highest BCUT2D eigenvalue weighted by Gasteiger charge is 2.11. The van der Waals surface area contributed by atoms with E-state index in [2.05, 4.69) is 5.32 Å². The summed E-state index contributed by atoms with van der Waals surface area (Å²) in [6, 6.07) is 12.6. The molecule has 0 saturated heterocycles. The lowest BCUT2D eigenvalue weighted by Gasteiger charge is -2.14. The van der Waals surface area contributed by atoms with Crippen LogP contribution in [0.15, 0.2) is 47.4 Å². The Labute approximate surface area is 156 Å². The van der Waals surface area contributed by atoms with Gasteiger partial charge in [-0.15, -0.1) is 11.8 Å². The van der Waals surface area contributed by atoms with Crippen LogP contribution in [-0.4, -0.2) is 23.7 Å². The van der Waals surface area contributed by atoms with Crippen LogP contribution in [0, 0.1) is 0 Å². The first-order valence-electron chi connectivity index (χ1n) is 7.62. The Balaban J connectivity index is 1.97. The second-order valence-electron chi connectivity index (χ2n) is 5.32. The molecule has 0 aliphatic heterocycles. The predicted molar refractivity (Wildman–Crippen MR) is 101 cm³/mol. The molecule has 1 unspecified atom stereocenters. The van der Waals surface area contributed by atoms with E-state index in [1.807, 2.05) is 25.1 Å². The van der Waals surface area contributed by atoms with Gasteiger partial charge < -0.3 is 10.4 Å². The fourth-order valence-electron chi connectivity index (χ4n) is 2.05. The number of amides is 1. The number of hydrogen-bond donors (Lipinski definition) is 2. The molecule has 6 heteroatoms. The maximum atomic E-state index is 12.1. The first kappa shape index (κ1) is 19.1. The van der Waals surface area contributed by atoms with Crippen molar-refractivity contribution in [3.05, 3.63) is 63.6 Å². The summed E-state index contributed by atoms with van der Waals surface area (Å²) in [6.07, 6.45) is 0.692. The van der Waals surface area contributed by atoms with Crippen molar-refractivity contribution < 1.29 is 9.90 Å². The van der Waals surface area contributed by atoms with Gasteiger partial charge in [0.05, 0.1) is 17.7 Å². The van der Waals surface area contributed by atoms with Crippen LogP contribution in [0.5, 0.6) is 0 Å². The number of rotatable bonds is 7. The van der Waals surface area contributed by atoms with Crippen molar-refractivity contribution in [3.8, 4) is 0 Å². The molecule has 1 amide bonds. The molecule has 2 rings (SSSR count). The lowest BCUT2D eigenvalue weighted by Crippen LogP contribution is -2.36. The molecule has 0 bridgehead atoms. The summed E-state index contributed by atoms with van der Waals surface area (Å²) >= 11 is 13.7. The number of halogens is 2. The molecule has 1 atom stereocenters. The third-order valence-electron chi connectivity index (χ3n) is 3.55. The summed E-state index contributed by atoms with van der Waals surface area (Å²) in [7, 11) is 0. The first-order chi connectivity index (χ1) is 11.5.